The molecule has 5 nitrogen and oxygen atoms in total. The van der Waals surface area contributed by atoms with E-state index in [1.807, 2.05) is 6.92 Å². The minimum absolute atomic E-state index is 0.189. The maximum absolute atomic E-state index is 12.0. The first kappa shape index (κ1) is 10.1. The standard InChI is InChI=1S/C9H9BrN4O/c1-2-13-8(7(10)6-12-13)9(15)14-5-3-4-11-14/h3-6H,2H2,1H3. The summed E-state index contributed by atoms with van der Waals surface area (Å²) in [4.78, 5) is 12.0. The molecule has 2 rings (SSSR count). The zero-order valence-electron chi connectivity index (χ0n) is 8.09. The van der Waals surface area contributed by atoms with Crippen LogP contribution in [-0.2, 0) is 6.54 Å². The molecule has 0 aliphatic heterocycles. The molecule has 0 atom stereocenters. The Morgan fingerprint density at radius 1 is 1.53 bits per heavy atom. The van der Waals surface area contributed by atoms with Crippen molar-refractivity contribution in [3.05, 3.63) is 34.8 Å². The van der Waals surface area contributed by atoms with Gasteiger partial charge in [0.25, 0.3) is 5.91 Å². The number of nitrogens with zero attached hydrogens (tertiary/aromatic N) is 4. The van der Waals surface area contributed by atoms with Gasteiger partial charge in [-0.2, -0.15) is 10.2 Å². The van der Waals surface area contributed by atoms with Crippen LogP contribution in [0.5, 0.6) is 0 Å². The Labute approximate surface area is 94.8 Å². The van der Waals surface area contributed by atoms with E-state index in [-0.39, 0.29) is 5.91 Å². The molecule has 2 heterocycles. The lowest BCUT2D eigenvalue weighted by atomic mass is 10.4. The van der Waals surface area contributed by atoms with Crippen LogP contribution in [0.1, 0.15) is 17.4 Å². The summed E-state index contributed by atoms with van der Waals surface area (Å²) in [7, 11) is 0. The number of halogens is 1. The Kier molecular flexibility index (Phi) is 2.68. The van der Waals surface area contributed by atoms with E-state index >= 15 is 0 Å². The van der Waals surface area contributed by atoms with E-state index in [0.717, 1.165) is 0 Å². The quantitative estimate of drug-likeness (QED) is 0.831. The van der Waals surface area contributed by atoms with E-state index in [9.17, 15) is 4.79 Å². The Hall–Kier alpha value is -1.43. The van der Waals surface area contributed by atoms with Gasteiger partial charge in [-0.25, -0.2) is 4.68 Å². The van der Waals surface area contributed by atoms with E-state index in [2.05, 4.69) is 26.1 Å². The fourth-order valence-electron chi connectivity index (χ4n) is 1.31. The van der Waals surface area contributed by atoms with Crippen molar-refractivity contribution in [3.63, 3.8) is 0 Å². The Bertz CT molecular complexity index is 474. The molecular formula is C9H9BrN4O. The summed E-state index contributed by atoms with van der Waals surface area (Å²) in [5.74, 6) is -0.189. The largest absolute Gasteiger partial charge is 0.297 e. The molecule has 15 heavy (non-hydrogen) atoms. The lowest BCUT2D eigenvalue weighted by molar-refractivity contribution is 0.0933. The first-order chi connectivity index (χ1) is 7.24. The number of hydrogen-bond donors (Lipinski definition) is 0. The summed E-state index contributed by atoms with van der Waals surface area (Å²) < 4.78 is 3.60. The monoisotopic (exact) mass is 268 g/mol. The van der Waals surface area contributed by atoms with Gasteiger partial charge in [0.15, 0.2) is 0 Å². The fraction of sp³-hybridized carbons (Fsp3) is 0.222. The molecule has 0 fully saturated rings. The lowest BCUT2D eigenvalue weighted by Crippen LogP contribution is -2.18. The van der Waals surface area contributed by atoms with Gasteiger partial charge in [-0.05, 0) is 28.9 Å². The van der Waals surface area contributed by atoms with Crippen LogP contribution in [0.15, 0.2) is 29.1 Å². The van der Waals surface area contributed by atoms with E-state index in [4.69, 9.17) is 0 Å². The topological polar surface area (TPSA) is 52.7 Å². The first-order valence-corrected chi connectivity index (χ1v) is 5.29. The number of aryl methyl sites for hydroxylation is 1. The second kappa shape index (κ2) is 3.98. The molecule has 78 valence electrons. The van der Waals surface area contributed by atoms with Crippen molar-refractivity contribution in [2.24, 2.45) is 0 Å². The average Bonchev–Trinajstić information content (AvgIpc) is 2.85. The van der Waals surface area contributed by atoms with E-state index in [0.29, 0.717) is 16.7 Å². The molecule has 2 aromatic rings. The predicted molar refractivity (Wildman–Crippen MR) is 57.6 cm³/mol. The van der Waals surface area contributed by atoms with Crippen LogP contribution in [0, 0.1) is 0 Å². The van der Waals surface area contributed by atoms with Crippen LogP contribution in [0.2, 0.25) is 0 Å². The third-order valence-corrected chi connectivity index (χ3v) is 2.59. The van der Waals surface area contributed by atoms with Crippen LogP contribution in [0.3, 0.4) is 0 Å². The molecule has 0 unspecified atom stereocenters. The molecule has 0 saturated carbocycles. The summed E-state index contributed by atoms with van der Waals surface area (Å²) in [5, 5.41) is 7.97. The zero-order chi connectivity index (χ0) is 10.8. The van der Waals surface area contributed by atoms with Crippen molar-refractivity contribution in [3.8, 4) is 0 Å². The number of carbonyl (C=O) groups excluding carboxylic acids is 1. The van der Waals surface area contributed by atoms with E-state index in [1.54, 1.807) is 29.3 Å². The Morgan fingerprint density at radius 3 is 2.93 bits per heavy atom. The average molecular weight is 269 g/mol. The Morgan fingerprint density at radius 2 is 2.33 bits per heavy atom. The molecule has 6 heteroatoms. The van der Waals surface area contributed by atoms with Gasteiger partial charge < -0.3 is 0 Å². The number of rotatable bonds is 2. The maximum Gasteiger partial charge on any atom is 0.297 e. The SMILES string of the molecule is CCn1ncc(Br)c1C(=O)n1cccn1. The van der Waals surface area contributed by atoms with Gasteiger partial charge in [0.05, 0.1) is 10.7 Å². The highest BCUT2D eigenvalue weighted by Crippen LogP contribution is 2.16. The van der Waals surface area contributed by atoms with Crippen LogP contribution < -0.4 is 0 Å². The van der Waals surface area contributed by atoms with Crippen LogP contribution in [-0.4, -0.2) is 25.5 Å². The van der Waals surface area contributed by atoms with Gasteiger partial charge in [-0.1, -0.05) is 0 Å². The van der Waals surface area contributed by atoms with Crippen molar-refractivity contribution in [2.45, 2.75) is 13.5 Å². The Balaban J connectivity index is 2.45. The second-order valence-electron chi connectivity index (χ2n) is 2.91. The molecule has 0 bridgehead atoms. The van der Waals surface area contributed by atoms with Gasteiger partial charge >= 0.3 is 0 Å². The van der Waals surface area contributed by atoms with Crippen molar-refractivity contribution in [1.82, 2.24) is 19.6 Å². The van der Waals surface area contributed by atoms with Gasteiger partial charge in [-0.3, -0.25) is 9.48 Å². The maximum atomic E-state index is 12.0. The van der Waals surface area contributed by atoms with Gasteiger partial charge in [0.2, 0.25) is 0 Å². The predicted octanol–water partition coefficient (Wildman–Crippen LogP) is 1.55. The van der Waals surface area contributed by atoms with Gasteiger partial charge in [0.1, 0.15) is 5.69 Å². The highest BCUT2D eigenvalue weighted by Gasteiger charge is 2.17. The molecule has 0 radical (unpaired) electrons. The molecular weight excluding hydrogens is 260 g/mol. The summed E-state index contributed by atoms with van der Waals surface area (Å²) in [6.45, 7) is 2.58. The molecule has 0 saturated heterocycles. The molecule has 0 aliphatic carbocycles. The van der Waals surface area contributed by atoms with Crippen LogP contribution in [0.25, 0.3) is 0 Å². The molecule has 0 spiro atoms. The third-order valence-electron chi connectivity index (χ3n) is 2.01. The first-order valence-electron chi connectivity index (χ1n) is 4.49. The highest BCUT2D eigenvalue weighted by atomic mass is 79.9. The lowest BCUT2D eigenvalue weighted by Gasteiger charge is -2.03. The molecule has 2 aromatic heterocycles. The van der Waals surface area contributed by atoms with Crippen molar-refractivity contribution in [2.75, 3.05) is 0 Å². The van der Waals surface area contributed by atoms with E-state index < -0.39 is 0 Å². The molecule has 0 N–H and O–H groups in total. The smallest absolute Gasteiger partial charge is 0.265 e. The van der Waals surface area contributed by atoms with E-state index in [1.165, 1.54) is 4.68 Å². The van der Waals surface area contributed by atoms with Gasteiger partial charge in [-0.15, -0.1) is 0 Å². The minimum atomic E-state index is -0.189. The van der Waals surface area contributed by atoms with Crippen molar-refractivity contribution >= 4 is 21.8 Å². The molecule has 0 aliphatic rings. The number of hydrogen-bond acceptors (Lipinski definition) is 3. The summed E-state index contributed by atoms with van der Waals surface area (Å²) in [6.07, 6.45) is 4.79. The van der Waals surface area contributed by atoms with Crippen molar-refractivity contribution < 1.29 is 4.79 Å². The summed E-state index contributed by atoms with van der Waals surface area (Å²) in [5.41, 5.74) is 0.515. The number of carbonyl (C=O) groups is 1. The zero-order valence-corrected chi connectivity index (χ0v) is 9.68. The summed E-state index contributed by atoms with van der Waals surface area (Å²) in [6, 6.07) is 1.71. The minimum Gasteiger partial charge on any atom is -0.265 e. The fourth-order valence-corrected chi connectivity index (χ4v) is 1.78. The van der Waals surface area contributed by atoms with Crippen molar-refractivity contribution in [1.29, 1.82) is 0 Å². The number of aromatic nitrogens is 4. The summed E-state index contributed by atoms with van der Waals surface area (Å²) >= 11 is 3.30. The van der Waals surface area contributed by atoms with Gasteiger partial charge in [0, 0.05) is 18.9 Å². The highest BCUT2D eigenvalue weighted by molar-refractivity contribution is 9.10. The molecule has 0 aromatic carbocycles. The normalized spacial score (nSPS) is 10.5. The second-order valence-corrected chi connectivity index (χ2v) is 3.77. The third kappa shape index (κ3) is 1.72. The van der Waals surface area contributed by atoms with Crippen LogP contribution >= 0.6 is 15.9 Å². The van der Waals surface area contributed by atoms with Crippen LogP contribution in [0.4, 0.5) is 0 Å². The molecule has 0 amide bonds.